The third kappa shape index (κ3) is 4.21. The van der Waals surface area contributed by atoms with Crippen LogP contribution < -0.4 is 5.32 Å². The van der Waals surface area contributed by atoms with E-state index in [1.54, 1.807) is 6.92 Å². The van der Waals surface area contributed by atoms with E-state index in [0.717, 1.165) is 24.5 Å². The highest BCUT2D eigenvalue weighted by Gasteiger charge is 2.64. The molecule has 0 radical (unpaired) electrons. The Morgan fingerprint density at radius 1 is 1.19 bits per heavy atom. The number of aryl methyl sites for hydroxylation is 2. The molecule has 0 atom stereocenters. The van der Waals surface area contributed by atoms with Gasteiger partial charge in [0.2, 0.25) is 0 Å². The third-order valence-electron chi connectivity index (χ3n) is 5.46. The van der Waals surface area contributed by atoms with E-state index in [-0.39, 0.29) is 20.9 Å². The number of rotatable bonds is 5. The van der Waals surface area contributed by atoms with Gasteiger partial charge < -0.3 is 9.84 Å². The maximum absolute atomic E-state index is 13.9. The lowest BCUT2D eigenvalue weighted by molar-refractivity contribution is -0.292. The molecule has 1 fully saturated rings. The Kier molecular flexibility index (Phi) is 5.70. The molecule has 3 heterocycles. The number of halogens is 8. The number of thiophene rings is 1. The van der Waals surface area contributed by atoms with Gasteiger partial charge in [-0.1, -0.05) is 5.16 Å². The van der Waals surface area contributed by atoms with Crippen molar-refractivity contribution in [3.8, 4) is 28.1 Å². The molecule has 1 aliphatic carbocycles. The highest BCUT2D eigenvalue weighted by atomic mass is 32.1. The van der Waals surface area contributed by atoms with Gasteiger partial charge in [0.1, 0.15) is 22.5 Å². The molecular formula is C20H13F8N5O2S. The van der Waals surface area contributed by atoms with Crippen molar-refractivity contribution in [3.05, 3.63) is 33.8 Å². The van der Waals surface area contributed by atoms with Crippen molar-refractivity contribution in [2.75, 3.05) is 0 Å². The fraction of sp³-hybridized carbons (Fsp3) is 0.400. The normalized spacial score (nSPS) is 15.6. The van der Waals surface area contributed by atoms with Gasteiger partial charge in [-0.25, -0.2) is 0 Å². The van der Waals surface area contributed by atoms with E-state index < -0.39 is 52.4 Å². The zero-order chi connectivity index (χ0) is 26.8. The summed E-state index contributed by atoms with van der Waals surface area (Å²) in [5.74, 6) is -6.62. The summed E-state index contributed by atoms with van der Waals surface area (Å²) in [5.41, 5.74) is -7.46. The number of nitrogens with zero attached hydrogens (tertiary/aromatic N) is 4. The minimum absolute atomic E-state index is 0.165. The average Bonchev–Trinajstić information content (AvgIpc) is 3.08. The van der Waals surface area contributed by atoms with Crippen molar-refractivity contribution in [1.82, 2.24) is 20.3 Å². The number of nitrogens with one attached hydrogen (secondary N) is 1. The van der Waals surface area contributed by atoms with Crippen LogP contribution in [-0.4, -0.2) is 32.6 Å². The molecule has 0 aliphatic heterocycles. The number of hydrogen-bond donors (Lipinski definition) is 1. The van der Waals surface area contributed by atoms with Gasteiger partial charge in [0.15, 0.2) is 11.5 Å². The fourth-order valence-electron chi connectivity index (χ4n) is 3.45. The van der Waals surface area contributed by atoms with Crippen LogP contribution in [0.3, 0.4) is 0 Å². The molecule has 1 N–H and O–H groups in total. The molecule has 1 saturated carbocycles. The fourth-order valence-corrected chi connectivity index (χ4v) is 4.41. The maximum Gasteiger partial charge on any atom is 0.459 e. The van der Waals surface area contributed by atoms with Crippen LogP contribution in [0.4, 0.5) is 35.1 Å². The first kappa shape index (κ1) is 25.6. The molecule has 0 saturated heterocycles. The largest absolute Gasteiger partial charge is 0.459 e. The molecule has 1 aliphatic rings. The first-order valence-corrected chi connectivity index (χ1v) is 10.7. The predicted octanol–water partition coefficient (Wildman–Crippen LogP) is 5.57. The average molecular weight is 539 g/mol. The van der Waals surface area contributed by atoms with E-state index in [2.05, 4.69) is 15.6 Å². The Morgan fingerprint density at radius 3 is 2.36 bits per heavy atom. The summed E-state index contributed by atoms with van der Waals surface area (Å²) in [4.78, 5) is 13.2. The standard InChI is InChI=1S/C20H13F8N5O2S/c1-8-9(16(34)30-17(7-29)3-4-17)5-12(36-8)11-6-10(32-35-11)14-13(19(23,24)25)15(31-33(14)2)18(21,22)20(26,27)28/h5-6H,3-4H2,1-2H3,(H,30,34). The SMILES string of the molecule is Cc1sc(-c2cc(-c3c(C(F)(F)F)c(C(F)(F)C(F)(F)F)nn3C)no2)cc1C(=O)NC1(C#N)CC1. The molecule has 0 unspecified atom stereocenters. The number of hydrogen-bond acceptors (Lipinski definition) is 6. The van der Waals surface area contributed by atoms with E-state index in [9.17, 15) is 39.9 Å². The topological polar surface area (TPSA) is 96.7 Å². The lowest BCUT2D eigenvalue weighted by Crippen LogP contribution is -2.36. The Labute approximate surface area is 200 Å². The minimum Gasteiger partial charge on any atom is -0.355 e. The highest BCUT2D eigenvalue weighted by molar-refractivity contribution is 7.15. The molecule has 3 aromatic rings. The number of carbonyl (C=O) groups is 1. The second-order valence-electron chi connectivity index (χ2n) is 8.07. The monoisotopic (exact) mass is 539 g/mol. The van der Waals surface area contributed by atoms with E-state index in [0.29, 0.717) is 17.7 Å². The molecular weight excluding hydrogens is 526 g/mol. The molecule has 3 aromatic heterocycles. The zero-order valence-corrected chi connectivity index (χ0v) is 18.9. The zero-order valence-electron chi connectivity index (χ0n) is 18.1. The highest BCUT2D eigenvalue weighted by Crippen LogP contribution is 2.50. The van der Waals surface area contributed by atoms with Crippen molar-refractivity contribution < 1.29 is 44.4 Å². The van der Waals surface area contributed by atoms with Crippen molar-refractivity contribution in [1.29, 1.82) is 5.26 Å². The van der Waals surface area contributed by atoms with Crippen LogP contribution in [0.2, 0.25) is 0 Å². The van der Waals surface area contributed by atoms with Crippen LogP contribution in [-0.2, 0) is 19.1 Å². The molecule has 192 valence electrons. The third-order valence-corrected chi connectivity index (χ3v) is 6.52. The van der Waals surface area contributed by atoms with E-state index >= 15 is 0 Å². The van der Waals surface area contributed by atoms with E-state index in [1.807, 2.05) is 6.07 Å². The summed E-state index contributed by atoms with van der Waals surface area (Å²) in [6, 6.07) is 4.24. The summed E-state index contributed by atoms with van der Waals surface area (Å²) in [5, 5.41) is 18.0. The molecule has 16 heteroatoms. The van der Waals surface area contributed by atoms with Crippen LogP contribution >= 0.6 is 11.3 Å². The maximum atomic E-state index is 13.9. The first-order chi connectivity index (χ1) is 16.5. The van der Waals surface area contributed by atoms with Crippen LogP contribution in [0.15, 0.2) is 16.7 Å². The van der Waals surface area contributed by atoms with Gasteiger partial charge in [-0.2, -0.15) is 45.5 Å². The number of amides is 1. The predicted molar refractivity (Wildman–Crippen MR) is 107 cm³/mol. The van der Waals surface area contributed by atoms with Crippen molar-refractivity contribution in [2.45, 2.75) is 43.6 Å². The van der Waals surface area contributed by atoms with Gasteiger partial charge >= 0.3 is 18.3 Å². The molecule has 7 nitrogen and oxygen atoms in total. The van der Waals surface area contributed by atoms with Crippen LogP contribution in [0.5, 0.6) is 0 Å². The van der Waals surface area contributed by atoms with Crippen LogP contribution in [0, 0.1) is 18.3 Å². The summed E-state index contributed by atoms with van der Waals surface area (Å²) in [6.07, 6.45) is -11.0. The first-order valence-electron chi connectivity index (χ1n) is 9.91. The van der Waals surface area contributed by atoms with Crippen molar-refractivity contribution in [2.24, 2.45) is 7.05 Å². The van der Waals surface area contributed by atoms with Gasteiger partial charge in [-0.3, -0.25) is 9.48 Å². The van der Waals surface area contributed by atoms with E-state index in [4.69, 9.17) is 9.78 Å². The Bertz CT molecular complexity index is 1390. The van der Waals surface area contributed by atoms with Crippen molar-refractivity contribution >= 4 is 17.2 Å². The second kappa shape index (κ2) is 8.02. The lowest BCUT2D eigenvalue weighted by Gasteiger charge is -2.19. The van der Waals surface area contributed by atoms with Gasteiger partial charge in [-0.05, 0) is 25.8 Å². The number of carbonyl (C=O) groups excluding carboxylic acids is 1. The summed E-state index contributed by atoms with van der Waals surface area (Å²) in [6.45, 7) is 1.57. The smallest absolute Gasteiger partial charge is 0.355 e. The molecule has 36 heavy (non-hydrogen) atoms. The second-order valence-corrected chi connectivity index (χ2v) is 9.33. The summed E-state index contributed by atoms with van der Waals surface area (Å²) in [7, 11) is 0.759. The minimum atomic E-state index is -6.33. The van der Waals surface area contributed by atoms with Gasteiger partial charge in [0.25, 0.3) is 5.91 Å². The Morgan fingerprint density at radius 2 is 1.83 bits per heavy atom. The van der Waals surface area contributed by atoms with Crippen LogP contribution in [0.1, 0.15) is 39.3 Å². The summed E-state index contributed by atoms with van der Waals surface area (Å²) < 4.78 is 113. The lowest BCUT2D eigenvalue weighted by atomic mass is 10.0. The number of nitriles is 1. The summed E-state index contributed by atoms with van der Waals surface area (Å²) >= 11 is 0.994. The molecule has 1 amide bonds. The van der Waals surface area contributed by atoms with Gasteiger partial charge in [-0.15, -0.1) is 11.3 Å². The van der Waals surface area contributed by atoms with Crippen molar-refractivity contribution in [3.63, 3.8) is 0 Å². The van der Waals surface area contributed by atoms with E-state index in [1.165, 1.54) is 6.07 Å². The quantitative estimate of drug-likeness (QED) is 0.428. The number of aromatic nitrogens is 3. The van der Waals surface area contributed by atoms with Crippen LogP contribution in [0.25, 0.3) is 22.0 Å². The molecule has 0 aromatic carbocycles. The van der Waals surface area contributed by atoms with Gasteiger partial charge in [0, 0.05) is 18.0 Å². The van der Waals surface area contributed by atoms with Gasteiger partial charge in [0.05, 0.1) is 16.5 Å². The molecule has 4 rings (SSSR count). The Balaban J connectivity index is 1.74. The molecule has 0 bridgehead atoms. The number of alkyl halides is 8. The molecule has 0 spiro atoms. The Hall–Kier alpha value is -3.48.